The van der Waals surface area contributed by atoms with Gasteiger partial charge in [0, 0.05) is 18.2 Å². The molecule has 0 aliphatic carbocycles. The standard InChI is InChI=1S/C22H21F4N3O3/c1-4-22(18(30)27-15-7-5-6-14(12-15)21(3,25)26)13(2)28-29(19(22)31)16-8-10-17(11-9-16)32-20(23)24/h5-12,20H,4H2,1-3H3,(H,27,30). The summed E-state index contributed by atoms with van der Waals surface area (Å²) in [6.45, 7) is 0.910. The lowest BCUT2D eigenvalue weighted by Crippen LogP contribution is -2.48. The molecule has 10 heteroatoms. The van der Waals surface area contributed by atoms with Crippen molar-refractivity contribution in [2.45, 2.75) is 39.7 Å². The number of hydrazone groups is 1. The molecule has 3 rings (SSSR count). The van der Waals surface area contributed by atoms with E-state index in [0.717, 1.165) is 18.0 Å². The summed E-state index contributed by atoms with van der Waals surface area (Å²) in [7, 11) is 0. The van der Waals surface area contributed by atoms with Crippen LogP contribution in [0.15, 0.2) is 53.6 Å². The van der Waals surface area contributed by atoms with Crippen molar-refractivity contribution in [3.63, 3.8) is 0 Å². The van der Waals surface area contributed by atoms with Crippen molar-refractivity contribution >= 4 is 28.9 Å². The molecule has 1 heterocycles. The van der Waals surface area contributed by atoms with E-state index >= 15 is 0 Å². The lowest BCUT2D eigenvalue weighted by atomic mass is 9.79. The fourth-order valence-corrected chi connectivity index (χ4v) is 3.50. The molecular weight excluding hydrogens is 430 g/mol. The minimum atomic E-state index is -3.10. The van der Waals surface area contributed by atoms with Crippen LogP contribution in [0, 0.1) is 5.41 Å². The first-order valence-electron chi connectivity index (χ1n) is 9.74. The lowest BCUT2D eigenvalue weighted by Gasteiger charge is -2.26. The van der Waals surface area contributed by atoms with Crippen LogP contribution in [0.3, 0.4) is 0 Å². The minimum Gasteiger partial charge on any atom is -0.435 e. The number of amides is 2. The maximum atomic E-state index is 13.6. The maximum Gasteiger partial charge on any atom is 0.387 e. The summed E-state index contributed by atoms with van der Waals surface area (Å²) in [6, 6.07) is 10.4. The molecule has 0 saturated carbocycles. The molecule has 2 aromatic carbocycles. The molecule has 1 N–H and O–H groups in total. The topological polar surface area (TPSA) is 71.0 Å². The van der Waals surface area contributed by atoms with Gasteiger partial charge >= 0.3 is 6.61 Å². The SMILES string of the molecule is CCC1(C(=O)Nc2cccc(C(C)(F)F)c2)C(=O)N(c2ccc(OC(F)F)cc2)N=C1C. The van der Waals surface area contributed by atoms with E-state index in [9.17, 15) is 27.2 Å². The van der Waals surface area contributed by atoms with Crippen LogP contribution in [-0.4, -0.2) is 24.1 Å². The van der Waals surface area contributed by atoms with Crippen molar-refractivity contribution in [2.75, 3.05) is 10.3 Å². The number of nitrogens with zero attached hydrogens (tertiary/aromatic N) is 2. The monoisotopic (exact) mass is 451 g/mol. The molecule has 0 spiro atoms. The predicted molar refractivity (Wildman–Crippen MR) is 111 cm³/mol. The Kier molecular flexibility index (Phi) is 6.25. The number of benzene rings is 2. The van der Waals surface area contributed by atoms with Crippen LogP contribution in [0.5, 0.6) is 5.75 Å². The Morgan fingerprint density at radius 3 is 2.44 bits per heavy atom. The van der Waals surface area contributed by atoms with Crippen molar-refractivity contribution < 1.29 is 31.9 Å². The van der Waals surface area contributed by atoms with Gasteiger partial charge in [-0.1, -0.05) is 19.1 Å². The Bertz CT molecular complexity index is 1050. The molecule has 0 bridgehead atoms. The third-order valence-electron chi connectivity index (χ3n) is 5.28. The third-order valence-corrected chi connectivity index (χ3v) is 5.28. The molecule has 0 aromatic heterocycles. The molecule has 1 aliphatic heterocycles. The summed E-state index contributed by atoms with van der Waals surface area (Å²) in [4.78, 5) is 26.4. The zero-order valence-corrected chi connectivity index (χ0v) is 17.5. The number of carbonyl (C=O) groups excluding carboxylic acids is 2. The van der Waals surface area contributed by atoms with Crippen LogP contribution < -0.4 is 15.1 Å². The number of rotatable bonds is 7. The molecule has 0 fully saturated rings. The van der Waals surface area contributed by atoms with Crippen LogP contribution in [0.1, 0.15) is 32.8 Å². The molecule has 32 heavy (non-hydrogen) atoms. The first kappa shape index (κ1) is 23.2. The van der Waals surface area contributed by atoms with Gasteiger partial charge in [-0.15, -0.1) is 0 Å². The zero-order valence-electron chi connectivity index (χ0n) is 17.5. The number of ether oxygens (including phenoxy) is 1. The third kappa shape index (κ3) is 4.30. The van der Waals surface area contributed by atoms with E-state index in [-0.39, 0.29) is 34.8 Å². The molecule has 1 unspecified atom stereocenters. The molecule has 1 atom stereocenters. The van der Waals surface area contributed by atoms with Gasteiger partial charge in [0.15, 0.2) is 5.41 Å². The van der Waals surface area contributed by atoms with E-state index in [2.05, 4.69) is 15.2 Å². The van der Waals surface area contributed by atoms with E-state index in [1.54, 1.807) is 6.92 Å². The Morgan fingerprint density at radius 2 is 1.88 bits per heavy atom. The largest absolute Gasteiger partial charge is 0.435 e. The molecule has 0 saturated heterocycles. The number of hydrogen-bond donors (Lipinski definition) is 1. The first-order chi connectivity index (χ1) is 15.0. The van der Waals surface area contributed by atoms with Gasteiger partial charge in [-0.05, 0) is 49.7 Å². The van der Waals surface area contributed by atoms with Gasteiger partial charge in [0.1, 0.15) is 5.75 Å². The van der Waals surface area contributed by atoms with Crippen molar-refractivity contribution in [3.8, 4) is 5.75 Å². The van der Waals surface area contributed by atoms with Crippen molar-refractivity contribution in [1.29, 1.82) is 0 Å². The highest BCUT2D eigenvalue weighted by Crippen LogP contribution is 2.38. The lowest BCUT2D eigenvalue weighted by molar-refractivity contribution is -0.133. The highest BCUT2D eigenvalue weighted by atomic mass is 19.3. The van der Waals surface area contributed by atoms with E-state index in [1.165, 1.54) is 49.4 Å². The van der Waals surface area contributed by atoms with Crippen LogP contribution in [-0.2, 0) is 15.5 Å². The first-order valence-corrected chi connectivity index (χ1v) is 9.74. The van der Waals surface area contributed by atoms with E-state index in [4.69, 9.17) is 0 Å². The number of anilines is 2. The second kappa shape index (κ2) is 8.60. The van der Waals surface area contributed by atoms with Crippen LogP contribution in [0.25, 0.3) is 0 Å². The fourth-order valence-electron chi connectivity index (χ4n) is 3.50. The van der Waals surface area contributed by atoms with E-state index in [1.807, 2.05) is 0 Å². The molecule has 0 radical (unpaired) electrons. The van der Waals surface area contributed by atoms with E-state index in [0.29, 0.717) is 0 Å². The summed E-state index contributed by atoms with van der Waals surface area (Å²) in [5, 5.41) is 7.77. The summed E-state index contributed by atoms with van der Waals surface area (Å²) >= 11 is 0. The number of nitrogens with one attached hydrogen (secondary N) is 1. The quantitative estimate of drug-likeness (QED) is 0.467. The molecule has 2 amide bonds. The summed E-state index contributed by atoms with van der Waals surface area (Å²) in [6.07, 6.45) is 0.0692. The second-order valence-corrected chi connectivity index (χ2v) is 7.36. The fraction of sp³-hybridized carbons (Fsp3) is 0.318. The molecule has 2 aromatic rings. The molecule has 6 nitrogen and oxygen atoms in total. The van der Waals surface area contributed by atoms with Gasteiger partial charge in [-0.2, -0.15) is 18.9 Å². The Labute approximate surface area is 181 Å². The number of hydrogen-bond acceptors (Lipinski definition) is 4. The van der Waals surface area contributed by atoms with Gasteiger partial charge in [0.25, 0.3) is 11.8 Å². The predicted octanol–water partition coefficient (Wildman–Crippen LogP) is 5.16. The average molecular weight is 451 g/mol. The number of halogens is 4. The van der Waals surface area contributed by atoms with Gasteiger partial charge in [-0.25, -0.2) is 8.78 Å². The Balaban J connectivity index is 1.86. The van der Waals surface area contributed by atoms with Gasteiger partial charge in [0.05, 0.1) is 11.4 Å². The molecule has 1 aliphatic rings. The minimum absolute atomic E-state index is 0.0692. The van der Waals surface area contributed by atoms with Gasteiger partial charge < -0.3 is 10.1 Å². The van der Waals surface area contributed by atoms with Crippen molar-refractivity contribution in [1.82, 2.24) is 0 Å². The van der Waals surface area contributed by atoms with Crippen molar-refractivity contribution in [3.05, 3.63) is 54.1 Å². The molecule has 170 valence electrons. The smallest absolute Gasteiger partial charge is 0.387 e. The normalized spacial score (nSPS) is 18.7. The highest BCUT2D eigenvalue weighted by molar-refractivity contribution is 6.33. The van der Waals surface area contributed by atoms with E-state index < -0.39 is 29.8 Å². The summed E-state index contributed by atoms with van der Waals surface area (Å²) < 4.78 is 56.2. The summed E-state index contributed by atoms with van der Waals surface area (Å²) in [5.74, 6) is -4.54. The Morgan fingerprint density at radius 1 is 1.22 bits per heavy atom. The Hall–Kier alpha value is -3.43. The second-order valence-electron chi connectivity index (χ2n) is 7.36. The maximum absolute atomic E-state index is 13.6. The highest BCUT2D eigenvalue weighted by Gasteiger charge is 2.54. The van der Waals surface area contributed by atoms with Gasteiger partial charge in [-0.3, -0.25) is 9.59 Å². The summed E-state index contributed by atoms with van der Waals surface area (Å²) in [5.41, 5.74) is -1.34. The number of carbonyl (C=O) groups is 2. The average Bonchev–Trinajstić information content (AvgIpc) is 2.98. The number of alkyl halides is 4. The molecular formula is C22H21F4N3O3. The zero-order chi connectivity index (χ0) is 23.7. The van der Waals surface area contributed by atoms with Crippen LogP contribution >= 0.6 is 0 Å². The van der Waals surface area contributed by atoms with Gasteiger partial charge in [0.2, 0.25) is 5.91 Å². The van der Waals surface area contributed by atoms with Crippen molar-refractivity contribution in [2.24, 2.45) is 10.5 Å². The van der Waals surface area contributed by atoms with Crippen LogP contribution in [0.2, 0.25) is 0 Å². The van der Waals surface area contributed by atoms with Crippen LogP contribution in [0.4, 0.5) is 28.9 Å².